The fourth-order valence-electron chi connectivity index (χ4n) is 1.76. The second kappa shape index (κ2) is 8.62. The SMILES string of the molecule is CC(NC(=O)C(Cc1cnc[nH]1)NC(=O)C(N)CC(=O)O)C(=O)O. The van der Waals surface area contributed by atoms with E-state index in [0.717, 1.165) is 0 Å². The topological polar surface area (TPSA) is 187 Å². The van der Waals surface area contributed by atoms with Gasteiger partial charge in [0.05, 0.1) is 18.8 Å². The molecule has 0 saturated carbocycles. The molecule has 11 heteroatoms. The molecule has 0 aliphatic carbocycles. The summed E-state index contributed by atoms with van der Waals surface area (Å²) in [7, 11) is 0. The number of carbonyl (C=O) groups excluding carboxylic acids is 2. The van der Waals surface area contributed by atoms with Gasteiger partial charge in [-0.05, 0) is 6.92 Å². The van der Waals surface area contributed by atoms with Crippen molar-refractivity contribution in [2.45, 2.75) is 37.9 Å². The van der Waals surface area contributed by atoms with E-state index in [1.165, 1.54) is 19.4 Å². The maximum Gasteiger partial charge on any atom is 0.325 e. The summed E-state index contributed by atoms with van der Waals surface area (Å²) in [6, 6.07) is -3.64. The van der Waals surface area contributed by atoms with Gasteiger partial charge in [-0.1, -0.05) is 0 Å². The zero-order valence-electron chi connectivity index (χ0n) is 12.9. The summed E-state index contributed by atoms with van der Waals surface area (Å²) < 4.78 is 0. The van der Waals surface area contributed by atoms with Crippen LogP contribution in [-0.2, 0) is 25.6 Å². The maximum absolute atomic E-state index is 12.2. The highest BCUT2D eigenvalue weighted by atomic mass is 16.4. The molecule has 0 aromatic carbocycles. The third-order valence-corrected chi connectivity index (χ3v) is 3.07. The molecule has 0 fully saturated rings. The van der Waals surface area contributed by atoms with Crippen molar-refractivity contribution in [3.8, 4) is 0 Å². The van der Waals surface area contributed by atoms with E-state index in [1.807, 2.05) is 0 Å². The van der Waals surface area contributed by atoms with Crippen LogP contribution >= 0.6 is 0 Å². The number of carboxylic acids is 2. The van der Waals surface area contributed by atoms with E-state index in [1.54, 1.807) is 0 Å². The Kier molecular flexibility index (Phi) is 6.86. The van der Waals surface area contributed by atoms with Crippen molar-refractivity contribution in [3.05, 3.63) is 18.2 Å². The fourth-order valence-corrected chi connectivity index (χ4v) is 1.76. The minimum Gasteiger partial charge on any atom is -0.481 e. The van der Waals surface area contributed by atoms with Crippen LogP contribution < -0.4 is 16.4 Å². The van der Waals surface area contributed by atoms with Gasteiger partial charge in [0.15, 0.2) is 0 Å². The van der Waals surface area contributed by atoms with Gasteiger partial charge in [0, 0.05) is 18.3 Å². The highest BCUT2D eigenvalue weighted by molar-refractivity contribution is 5.92. The lowest BCUT2D eigenvalue weighted by Crippen LogP contribution is -2.55. The molecule has 0 saturated heterocycles. The van der Waals surface area contributed by atoms with E-state index in [2.05, 4.69) is 20.6 Å². The number of H-pyrrole nitrogens is 1. The first-order valence-electron chi connectivity index (χ1n) is 6.99. The number of hydrogen-bond acceptors (Lipinski definition) is 6. The average Bonchev–Trinajstić information content (AvgIpc) is 2.98. The quantitative estimate of drug-likeness (QED) is 0.292. The number of hydrogen-bond donors (Lipinski definition) is 6. The van der Waals surface area contributed by atoms with E-state index in [4.69, 9.17) is 15.9 Å². The molecule has 0 aliphatic rings. The largest absolute Gasteiger partial charge is 0.481 e. The average molecular weight is 341 g/mol. The molecule has 0 spiro atoms. The highest BCUT2D eigenvalue weighted by Gasteiger charge is 2.27. The number of aromatic nitrogens is 2. The lowest BCUT2D eigenvalue weighted by molar-refractivity contribution is -0.142. The predicted molar refractivity (Wildman–Crippen MR) is 79.7 cm³/mol. The van der Waals surface area contributed by atoms with E-state index in [-0.39, 0.29) is 6.42 Å². The summed E-state index contributed by atoms with van der Waals surface area (Å²) in [5.41, 5.74) is 5.97. The zero-order valence-corrected chi connectivity index (χ0v) is 12.9. The molecule has 1 heterocycles. The lowest BCUT2D eigenvalue weighted by Gasteiger charge is -2.21. The summed E-state index contributed by atoms with van der Waals surface area (Å²) in [6.07, 6.45) is 2.21. The van der Waals surface area contributed by atoms with E-state index < -0.39 is 48.3 Å². The van der Waals surface area contributed by atoms with Gasteiger partial charge in [-0.25, -0.2) is 4.98 Å². The van der Waals surface area contributed by atoms with Gasteiger partial charge >= 0.3 is 11.9 Å². The van der Waals surface area contributed by atoms with E-state index >= 15 is 0 Å². The van der Waals surface area contributed by atoms with Crippen LogP contribution in [0.4, 0.5) is 0 Å². The zero-order chi connectivity index (χ0) is 18.3. The van der Waals surface area contributed by atoms with Crippen molar-refractivity contribution in [3.63, 3.8) is 0 Å². The molecule has 1 rings (SSSR count). The van der Waals surface area contributed by atoms with Gasteiger partial charge < -0.3 is 31.6 Å². The molecule has 3 atom stereocenters. The second-order valence-electron chi connectivity index (χ2n) is 5.12. The molecule has 1 aromatic heterocycles. The van der Waals surface area contributed by atoms with Gasteiger partial charge in [-0.15, -0.1) is 0 Å². The molecule has 11 nitrogen and oxygen atoms in total. The number of amides is 2. The van der Waals surface area contributed by atoms with Gasteiger partial charge in [0.2, 0.25) is 11.8 Å². The van der Waals surface area contributed by atoms with Gasteiger partial charge in [-0.2, -0.15) is 0 Å². The standard InChI is InChI=1S/C13H19N5O6/c1-6(13(23)24)17-12(22)9(2-7-4-15-5-16-7)18-11(21)8(14)3-10(19)20/h4-6,8-9H,2-3,14H2,1H3,(H,15,16)(H,17,22)(H,18,21)(H,19,20)(H,23,24). The molecule has 132 valence electrons. The predicted octanol–water partition coefficient (Wildman–Crippen LogP) is -2.17. The first kappa shape index (κ1) is 19.1. The Hall–Kier alpha value is -2.95. The van der Waals surface area contributed by atoms with Crippen LogP contribution in [0, 0.1) is 0 Å². The lowest BCUT2D eigenvalue weighted by atomic mass is 10.1. The first-order chi connectivity index (χ1) is 11.2. The Morgan fingerprint density at radius 1 is 1.25 bits per heavy atom. The number of aliphatic carboxylic acids is 2. The molecule has 0 radical (unpaired) electrons. The Balaban J connectivity index is 2.80. The molecule has 0 bridgehead atoms. The van der Waals surface area contributed by atoms with E-state index in [0.29, 0.717) is 5.69 Å². The summed E-state index contributed by atoms with van der Waals surface area (Å²) in [5.74, 6) is -4.07. The number of carboxylic acid groups (broad SMARTS) is 2. The van der Waals surface area contributed by atoms with Crippen LogP contribution in [0.3, 0.4) is 0 Å². The first-order valence-corrected chi connectivity index (χ1v) is 6.99. The molecular formula is C13H19N5O6. The molecule has 24 heavy (non-hydrogen) atoms. The Bertz CT molecular complexity index is 602. The van der Waals surface area contributed by atoms with Crippen molar-refractivity contribution in [1.29, 1.82) is 0 Å². The van der Waals surface area contributed by atoms with Gasteiger partial charge in [0.25, 0.3) is 0 Å². The summed E-state index contributed by atoms with van der Waals surface area (Å²) in [6.45, 7) is 1.27. The molecule has 3 unspecified atom stereocenters. The number of nitrogens with one attached hydrogen (secondary N) is 3. The normalized spacial score (nSPS) is 14.2. The van der Waals surface area contributed by atoms with Crippen LogP contribution in [-0.4, -0.2) is 62.1 Å². The van der Waals surface area contributed by atoms with Crippen molar-refractivity contribution >= 4 is 23.8 Å². The summed E-state index contributed by atoms with van der Waals surface area (Å²) in [4.78, 5) is 52.0. The Morgan fingerprint density at radius 3 is 2.42 bits per heavy atom. The van der Waals surface area contributed by atoms with Gasteiger partial charge in [0.1, 0.15) is 12.1 Å². The van der Waals surface area contributed by atoms with Crippen LogP contribution in [0.15, 0.2) is 12.5 Å². The molecule has 7 N–H and O–H groups in total. The van der Waals surface area contributed by atoms with Crippen LogP contribution in [0.2, 0.25) is 0 Å². The summed E-state index contributed by atoms with van der Waals surface area (Å²) in [5, 5.41) is 22.0. The highest BCUT2D eigenvalue weighted by Crippen LogP contribution is 2.01. The van der Waals surface area contributed by atoms with Crippen LogP contribution in [0.25, 0.3) is 0 Å². The number of imidazole rings is 1. The van der Waals surface area contributed by atoms with Crippen molar-refractivity contribution < 1.29 is 29.4 Å². The number of nitrogens with two attached hydrogens (primary N) is 1. The molecule has 0 aliphatic heterocycles. The minimum atomic E-state index is -1.34. The van der Waals surface area contributed by atoms with Crippen LogP contribution in [0.1, 0.15) is 19.0 Å². The van der Waals surface area contributed by atoms with E-state index in [9.17, 15) is 19.2 Å². The van der Waals surface area contributed by atoms with Crippen molar-refractivity contribution in [1.82, 2.24) is 20.6 Å². The van der Waals surface area contributed by atoms with Crippen LogP contribution in [0.5, 0.6) is 0 Å². The second-order valence-corrected chi connectivity index (χ2v) is 5.12. The smallest absolute Gasteiger partial charge is 0.325 e. The molecule has 2 amide bonds. The van der Waals surface area contributed by atoms with Gasteiger partial charge in [-0.3, -0.25) is 19.2 Å². The van der Waals surface area contributed by atoms with Crippen molar-refractivity contribution in [2.75, 3.05) is 0 Å². The number of aromatic amines is 1. The fraction of sp³-hybridized carbons (Fsp3) is 0.462. The third-order valence-electron chi connectivity index (χ3n) is 3.07. The monoisotopic (exact) mass is 341 g/mol. The molecule has 1 aromatic rings. The number of carbonyl (C=O) groups is 4. The minimum absolute atomic E-state index is 0.00367. The molecular weight excluding hydrogens is 322 g/mol. The Labute approximate surface area is 136 Å². The maximum atomic E-state index is 12.2. The third kappa shape index (κ3) is 6.04. The number of rotatable bonds is 9. The summed E-state index contributed by atoms with van der Waals surface area (Å²) >= 11 is 0. The number of nitrogens with zero attached hydrogens (tertiary/aromatic N) is 1. The van der Waals surface area contributed by atoms with Crippen molar-refractivity contribution in [2.24, 2.45) is 5.73 Å². The Morgan fingerprint density at radius 2 is 1.92 bits per heavy atom.